The second-order valence-corrected chi connectivity index (χ2v) is 8.99. The molecule has 5 nitrogen and oxygen atoms in total. The first kappa shape index (κ1) is 20.9. The summed E-state index contributed by atoms with van der Waals surface area (Å²) < 4.78 is 7.89. The minimum Gasteiger partial charge on any atom is -0.492 e. The topological polar surface area (TPSA) is 42.7 Å². The average Bonchev–Trinajstić information content (AvgIpc) is 3.54. The number of fused-ring (bicyclic) bond motifs is 2. The van der Waals surface area contributed by atoms with E-state index in [4.69, 9.17) is 14.8 Å². The molecule has 0 spiro atoms. The molecule has 6 rings (SSSR count). The van der Waals surface area contributed by atoms with Crippen LogP contribution in [0.3, 0.4) is 0 Å². The van der Waals surface area contributed by atoms with Crippen molar-refractivity contribution >= 4 is 16.4 Å². The number of pyridine rings is 1. The van der Waals surface area contributed by atoms with E-state index in [1.165, 1.54) is 42.3 Å². The first-order valence-corrected chi connectivity index (χ1v) is 12.1. The zero-order valence-corrected chi connectivity index (χ0v) is 19.2. The van der Waals surface area contributed by atoms with Gasteiger partial charge in [0, 0.05) is 18.5 Å². The van der Waals surface area contributed by atoms with Crippen molar-refractivity contribution in [2.24, 2.45) is 0 Å². The van der Waals surface area contributed by atoms with Crippen LogP contribution in [0.5, 0.6) is 5.75 Å². The molecule has 1 fully saturated rings. The summed E-state index contributed by atoms with van der Waals surface area (Å²) in [6, 6.07) is 29.4. The van der Waals surface area contributed by atoms with Gasteiger partial charge in [-0.05, 0) is 72.6 Å². The van der Waals surface area contributed by atoms with Gasteiger partial charge in [0.25, 0.3) is 0 Å². The summed E-state index contributed by atoms with van der Waals surface area (Å²) in [6.07, 6.45) is 3.32. The van der Waals surface area contributed by atoms with Crippen molar-refractivity contribution in [3.05, 3.63) is 96.3 Å². The van der Waals surface area contributed by atoms with Crippen LogP contribution in [0.2, 0.25) is 0 Å². The predicted octanol–water partition coefficient (Wildman–Crippen LogP) is 5.61. The van der Waals surface area contributed by atoms with E-state index in [0.717, 1.165) is 41.6 Å². The summed E-state index contributed by atoms with van der Waals surface area (Å²) in [5.74, 6) is 1.74. The fraction of sp³-hybridized carbons (Fsp3) is 0.241. The fourth-order valence-corrected chi connectivity index (χ4v) is 4.78. The van der Waals surface area contributed by atoms with Gasteiger partial charge in [-0.15, -0.1) is 0 Å². The minimum atomic E-state index is 0.687. The number of benzene rings is 3. The molecule has 0 aliphatic carbocycles. The first-order chi connectivity index (χ1) is 16.8. The molecule has 1 saturated heterocycles. The van der Waals surface area contributed by atoms with Crippen molar-refractivity contribution in [3.8, 4) is 17.0 Å². The normalized spacial score (nSPS) is 14.2. The Hall–Kier alpha value is -3.70. The van der Waals surface area contributed by atoms with E-state index >= 15 is 0 Å². The molecule has 0 radical (unpaired) electrons. The highest BCUT2D eigenvalue weighted by Crippen LogP contribution is 2.25. The Balaban J connectivity index is 1.18. The Kier molecular flexibility index (Phi) is 5.69. The number of nitrogens with zero attached hydrogens (tertiary/aromatic N) is 4. The van der Waals surface area contributed by atoms with Gasteiger partial charge in [-0.1, -0.05) is 54.6 Å². The summed E-state index contributed by atoms with van der Waals surface area (Å²) in [5, 5.41) is 7.31. The molecule has 2 aromatic heterocycles. The lowest BCUT2D eigenvalue weighted by atomic mass is 10.0. The number of hydrogen-bond donors (Lipinski definition) is 0. The van der Waals surface area contributed by atoms with Crippen LogP contribution in [0.1, 0.15) is 24.2 Å². The lowest BCUT2D eigenvalue weighted by Gasteiger charge is -2.14. The van der Waals surface area contributed by atoms with E-state index in [1.54, 1.807) is 0 Å². The molecule has 3 aromatic carbocycles. The molecule has 0 bridgehead atoms. The van der Waals surface area contributed by atoms with Gasteiger partial charge in [-0.25, -0.2) is 9.50 Å². The number of aromatic nitrogens is 3. The SMILES string of the molecule is c1ccc2cc(-c3cccc4nc(Cc5ccc(OCCN6CCCC6)cc5)nn34)ccc2c1. The van der Waals surface area contributed by atoms with E-state index in [1.807, 2.05) is 16.6 Å². The number of ether oxygens (including phenoxy) is 1. The van der Waals surface area contributed by atoms with Gasteiger partial charge in [-0.2, -0.15) is 5.10 Å². The van der Waals surface area contributed by atoms with Crippen molar-refractivity contribution in [2.45, 2.75) is 19.3 Å². The van der Waals surface area contributed by atoms with Crippen molar-refractivity contribution in [2.75, 3.05) is 26.2 Å². The minimum absolute atomic E-state index is 0.687. The van der Waals surface area contributed by atoms with E-state index < -0.39 is 0 Å². The Morgan fingerprint density at radius 3 is 2.47 bits per heavy atom. The number of rotatable bonds is 7. The third-order valence-electron chi connectivity index (χ3n) is 6.61. The largest absolute Gasteiger partial charge is 0.492 e. The molecule has 0 N–H and O–H groups in total. The third-order valence-corrected chi connectivity index (χ3v) is 6.61. The first-order valence-electron chi connectivity index (χ1n) is 12.1. The molecule has 34 heavy (non-hydrogen) atoms. The van der Waals surface area contributed by atoms with Crippen LogP contribution in [0, 0.1) is 0 Å². The molecular weight excluding hydrogens is 420 g/mol. The van der Waals surface area contributed by atoms with Crippen LogP contribution < -0.4 is 4.74 Å². The summed E-state index contributed by atoms with van der Waals surface area (Å²) in [7, 11) is 0. The van der Waals surface area contributed by atoms with Crippen LogP contribution in [0.4, 0.5) is 0 Å². The van der Waals surface area contributed by atoms with Gasteiger partial charge in [0.1, 0.15) is 12.4 Å². The lowest BCUT2D eigenvalue weighted by Crippen LogP contribution is -2.25. The van der Waals surface area contributed by atoms with Gasteiger partial charge in [0.05, 0.1) is 5.69 Å². The molecule has 0 atom stereocenters. The van der Waals surface area contributed by atoms with Crippen LogP contribution in [-0.4, -0.2) is 45.7 Å². The summed E-state index contributed by atoms with van der Waals surface area (Å²) >= 11 is 0. The average molecular weight is 449 g/mol. The molecule has 170 valence electrons. The number of likely N-dealkylation sites (tertiary alicyclic amines) is 1. The molecule has 0 unspecified atom stereocenters. The quantitative estimate of drug-likeness (QED) is 0.324. The van der Waals surface area contributed by atoms with Crippen LogP contribution in [0.25, 0.3) is 27.7 Å². The second kappa shape index (κ2) is 9.27. The predicted molar refractivity (Wildman–Crippen MR) is 136 cm³/mol. The van der Waals surface area contributed by atoms with E-state index in [0.29, 0.717) is 6.42 Å². The third kappa shape index (κ3) is 4.39. The highest BCUT2D eigenvalue weighted by atomic mass is 16.5. The lowest BCUT2D eigenvalue weighted by molar-refractivity contribution is 0.238. The monoisotopic (exact) mass is 448 g/mol. The van der Waals surface area contributed by atoms with Crippen LogP contribution in [-0.2, 0) is 6.42 Å². The van der Waals surface area contributed by atoms with Crippen molar-refractivity contribution in [1.29, 1.82) is 0 Å². The zero-order chi connectivity index (χ0) is 22.7. The molecule has 3 heterocycles. The fourth-order valence-electron chi connectivity index (χ4n) is 4.78. The smallest absolute Gasteiger partial charge is 0.156 e. The molecular formula is C29H28N4O. The molecule has 0 amide bonds. The van der Waals surface area contributed by atoms with E-state index in [2.05, 4.69) is 77.7 Å². The molecule has 1 aliphatic rings. The van der Waals surface area contributed by atoms with Crippen molar-refractivity contribution in [1.82, 2.24) is 19.5 Å². The van der Waals surface area contributed by atoms with Gasteiger partial charge in [0.15, 0.2) is 11.5 Å². The zero-order valence-electron chi connectivity index (χ0n) is 19.2. The van der Waals surface area contributed by atoms with Gasteiger partial charge >= 0.3 is 0 Å². The van der Waals surface area contributed by atoms with Crippen molar-refractivity contribution in [3.63, 3.8) is 0 Å². The Morgan fingerprint density at radius 1 is 0.794 bits per heavy atom. The van der Waals surface area contributed by atoms with E-state index in [-0.39, 0.29) is 0 Å². The highest BCUT2D eigenvalue weighted by Gasteiger charge is 2.12. The molecule has 1 aliphatic heterocycles. The molecule has 5 aromatic rings. The van der Waals surface area contributed by atoms with E-state index in [9.17, 15) is 0 Å². The summed E-state index contributed by atoms with van der Waals surface area (Å²) in [5.41, 5.74) is 4.22. The maximum Gasteiger partial charge on any atom is 0.156 e. The standard InChI is InChI=1S/C29H28N4O/c1-2-7-24-21-25(13-12-23(24)6-1)27-8-5-9-29-30-28(31-33(27)29)20-22-10-14-26(15-11-22)34-19-18-32-16-3-4-17-32/h1-2,5-15,21H,3-4,16-20H2. The summed E-state index contributed by atoms with van der Waals surface area (Å²) in [6.45, 7) is 4.16. The van der Waals surface area contributed by atoms with Gasteiger partial charge in [0.2, 0.25) is 0 Å². The van der Waals surface area contributed by atoms with Crippen molar-refractivity contribution < 1.29 is 4.74 Å². The van der Waals surface area contributed by atoms with Gasteiger partial charge < -0.3 is 4.74 Å². The summed E-state index contributed by atoms with van der Waals surface area (Å²) in [4.78, 5) is 7.26. The van der Waals surface area contributed by atoms with Crippen LogP contribution in [0.15, 0.2) is 84.9 Å². The molecule has 0 saturated carbocycles. The Bertz CT molecular complexity index is 1420. The maximum atomic E-state index is 5.94. The Labute approximate surface area is 199 Å². The highest BCUT2D eigenvalue weighted by molar-refractivity contribution is 5.87. The number of hydrogen-bond acceptors (Lipinski definition) is 4. The van der Waals surface area contributed by atoms with Gasteiger partial charge in [-0.3, -0.25) is 4.90 Å². The van der Waals surface area contributed by atoms with Crippen LogP contribution >= 0.6 is 0 Å². The second-order valence-electron chi connectivity index (χ2n) is 8.99. The Morgan fingerprint density at radius 2 is 1.62 bits per heavy atom. The maximum absolute atomic E-state index is 5.94. The molecule has 5 heteroatoms.